The van der Waals surface area contributed by atoms with Gasteiger partial charge in [0.25, 0.3) is 0 Å². The number of carbonyl (C=O) groups is 2. The van der Waals surface area contributed by atoms with E-state index in [4.69, 9.17) is 5.73 Å². The fraction of sp³-hybridized carbons (Fsp3) is 0.857. The molecule has 3 unspecified atom stereocenters. The van der Waals surface area contributed by atoms with Crippen molar-refractivity contribution in [2.75, 3.05) is 13.1 Å². The molecule has 0 spiro atoms. The Kier molecular flexibility index (Phi) is 4.80. The van der Waals surface area contributed by atoms with Gasteiger partial charge in [-0.2, -0.15) is 0 Å². The van der Waals surface area contributed by atoms with Gasteiger partial charge in [0, 0.05) is 19.0 Å². The van der Waals surface area contributed by atoms with Gasteiger partial charge in [0.2, 0.25) is 11.8 Å². The maximum Gasteiger partial charge on any atom is 0.240 e. The minimum absolute atomic E-state index is 0.0785. The van der Waals surface area contributed by atoms with Gasteiger partial charge in [-0.25, -0.2) is 0 Å². The predicted molar refractivity (Wildman–Crippen MR) is 73.4 cm³/mol. The Morgan fingerprint density at radius 2 is 2.05 bits per heavy atom. The van der Waals surface area contributed by atoms with E-state index in [0.29, 0.717) is 25.3 Å². The molecule has 0 aliphatic carbocycles. The molecule has 2 fully saturated rings. The van der Waals surface area contributed by atoms with Crippen LogP contribution in [0.2, 0.25) is 0 Å². The lowest BCUT2D eigenvalue weighted by Gasteiger charge is -2.36. The van der Waals surface area contributed by atoms with Crippen LogP contribution in [-0.4, -0.2) is 41.9 Å². The second kappa shape index (κ2) is 6.37. The predicted octanol–water partition coefficient (Wildman–Crippen LogP) is 0.631. The van der Waals surface area contributed by atoms with Crippen LogP contribution in [0.3, 0.4) is 0 Å². The van der Waals surface area contributed by atoms with Crippen LogP contribution in [0, 0.1) is 5.92 Å². The van der Waals surface area contributed by atoms with Gasteiger partial charge in [-0.05, 0) is 44.6 Å². The number of likely N-dealkylation sites (tertiary alicyclic amines) is 1. The van der Waals surface area contributed by atoms with Crippen LogP contribution in [0.15, 0.2) is 0 Å². The van der Waals surface area contributed by atoms with Crippen LogP contribution in [0.25, 0.3) is 0 Å². The number of nitrogens with two attached hydrogens (primary N) is 1. The third-order valence-corrected chi connectivity index (χ3v) is 4.48. The zero-order valence-corrected chi connectivity index (χ0v) is 11.7. The van der Waals surface area contributed by atoms with E-state index in [-0.39, 0.29) is 23.9 Å². The number of hydrogen-bond acceptors (Lipinski definition) is 3. The van der Waals surface area contributed by atoms with Gasteiger partial charge in [0.15, 0.2) is 0 Å². The van der Waals surface area contributed by atoms with Crippen molar-refractivity contribution in [2.45, 2.75) is 57.5 Å². The molecule has 108 valence electrons. The van der Waals surface area contributed by atoms with Crippen molar-refractivity contribution in [1.29, 1.82) is 0 Å². The van der Waals surface area contributed by atoms with Gasteiger partial charge in [-0.3, -0.25) is 9.59 Å². The second-order valence-electron chi connectivity index (χ2n) is 5.89. The number of hydrogen-bond donors (Lipinski definition) is 2. The molecule has 5 nitrogen and oxygen atoms in total. The maximum atomic E-state index is 12.4. The first-order chi connectivity index (χ1) is 9.09. The summed E-state index contributed by atoms with van der Waals surface area (Å²) in [5.74, 6) is 0.238. The van der Waals surface area contributed by atoms with E-state index in [9.17, 15) is 9.59 Å². The van der Waals surface area contributed by atoms with Crippen molar-refractivity contribution in [3.05, 3.63) is 0 Å². The first-order valence-electron chi connectivity index (χ1n) is 7.41. The molecule has 2 saturated heterocycles. The molecule has 3 atom stereocenters. The molecule has 0 bridgehead atoms. The number of primary amides is 1. The first kappa shape index (κ1) is 14.3. The lowest BCUT2D eigenvalue weighted by molar-refractivity contribution is -0.141. The largest absolute Gasteiger partial charge is 0.368 e. The molecule has 0 radical (unpaired) electrons. The van der Waals surface area contributed by atoms with E-state index in [1.165, 1.54) is 12.8 Å². The van der Waals surface area contributed by atoms with E-state index in [1.807, 2.05) is 0 Å². The Morgan fingerprint density at radius 3 is 2.74 bits per heavy atom. The zero-order chi connectivity index (χ0) is 13.8. The van der Waals surface area contributed by atoms with Gasteiger partial charge in [-0.1, -0.05) is 6.92 Å². The van der Waals surface area contributed by atoms with Crippen molar-refractivity contribution >= 4 is 11.8 Å². The summed E-state index contributed by atoms with van der Waals surface area (Å²) < 4.78 is 0. The van der Waals surface area contributed by atoms with E-state index >= 15 is 0 Å². The average molecular weight is 267 g/mol. The van der Waals surface area contributed by atoms with Crippen LogP contribution >= 0.6 is 0 Å². The van der Waals surface area contributed by atoms with Gasteiger partial charge in [-0.15, -0.1) is 0 Å². The van der Waals surface area contributed by atoms with E-state index < -0.39 is 0 Å². The summed E-state index contributed by atoms with van der Waals surface area (Å²) in [6.07, 6.45) is 5.52. The number of amides is 2. The highest BCUT2D eigenvalue weighted by molar-refractivity contribution is 5.87. The molecule has 2 aliphatic rings. The highest BCUT2D eigenvalue weighted by atomic mass is 16.2. The Labute approximate surface area is 114 Å². The number of carbonyl (C=O) groups excluding carboxylic acids is 2. The van der Waals surface area contributed by atoms with Crippen molar-refractivity contribution in [2.24, 2.45) is 11.7 Å². The molecule has 2 aliphatic heterocycles. The summed E-state index contributed by atoms with van der Waals surface area (Å²) in [6, 6.07) is -0.142. The number of nitrogens with one attached hydrogen (secondary N) is 1. The van der Waals surface area contributed by atoms with Crippen LogP contribution in [0.5, 0.6) is 0 Å². The van der Waals surface area contributed by atoms with Crippen molar-refractivity contribution in [1.82, 2.24) is 10.2 Å². The smallest absolute Gasteiger partial charge is 0.240 e. The molecule has 2 amide bonds. The summed E-state index contributed by atoms with van der Waals surface area (Å²) in [5.41, 5.74) is 5.41. The molecule has 0 saturated carbocycles. The molecule has 2 rings (SSSR count). The third kappa shape index (κ3) is 3.47. The molecule has 0 aromatic heterocycles. The minimum atomic E-state index is -0.389. The fourth-order valence-corrected chi connectivity index (χ4v) is 3.22. The van der Waals surface area contributed by atoms with Gasteiger partial charge in [0.05, 0.1) is 0 Å². The Balaban J connectivity index is 1.95. The third-order valence-electron chi connectivity index (χ3n) is 4.48. The second-order valence-corrected chi connectivity index (χ2v) is 5.89. The number of nitrogens with zero attached hydrogens (tertiary/aromatic N) is 1. The van der Waals surface area contributed by atoms with Crippen molar-refractivity contribution < 1.29 is 9.59 Å². The molecule has 19 heavy (non-hydrogen) atoms. The standard InChI is InChI=1S/C14H25N3O2/c1-10-5-4-7-16-11(10)9-13(18)17-8-3-2-6-12(17)14(15)19/h10-12,16H,2-9H2,1H3,(H2,15,19). The SMILES string of the molecule is CC1CCCNC1CC(=O)N1CCCCC1C(N)=O. The summed E-state index contributed by atoms with van der Waals surface area (Å²) in [6.45, 7) is 3.85. The Bertz CT molecular complexity index is 346. The lowest BCUT2D eigenvalue weighted by atomic mass is 9.89. The van der Waals surface area contributed by atoms with Gasteiger partial charge < -0.3 is 16.0 Å². The molecule has 3 N–H and O–H groups in total. The lowest BCUT2D eigenvalue weighted by Crippen LogP contribution is -2.52. The highest BCUT2D eigenvalue weighted by Crippen LogP contribution is 2.22. The van der Waals surface area contributed by atoms with E-state index in [0.717, 1.165) is 19.4 Å². The summed E-state index contributed by atoms with van der Waals surface area (Å²) in [7, 11) is 0. The van der Waals surface area contributed by atoms with E-state index in [1.54, 1.807) is 4.90 Å². The van der Waals surface area contributed by atoms with Crippen LogP contribution in [0.1, 0.15) is 45.4 Å². The average Bonchev–Trinajstić information content (AvgIpc) is 2.41. The molecular weight excluding hydrogens is 242 g/mol. The van der Waals surface area contributed by atoms with Crippen molar-refractivity contribution in [3.63, 3.8) is 0 Å². The quantitative estimate of drug-likeness (QED) is 0.787. The molecule has 0 aromatic carbocycles. The van der Waals surface area contributed by atoms with Crippen LogP contribution in [0.4, 0.5) is 0 Å². The summed E-state index contributed by atoms with van der Waals surface area (Å²) in [4.78, 5) is 25.5. The highest BCUT2D eigenvalue weighted by Gasteiger charge is 2.32. The normalized spacial score (nSPS) is 32.1. The fourth-order valence-electron chi connectivity index (χ4n) is 3.22. The van der Waals surface area contributed by atoms with Crippen LogP contribution in [-0.2, 0) is 9.59 Å². The van der Waals surface area contributed by atoms with Gasteiger partial charge >= 0.3 is 0 Å². The summed E-state index contributed by atoms with van der Waals surface area (Å²) >= 11 is 0. The topological polar surface area (TPSA) is 75.4 Å². The number of rotatable bonds is 3. The van der Waals surface area contributed by atoms with E-state index in [2.05, 4.69) is 12.2 Å². The molecule has 0 aromatic rings. The first-order valence-corrected chi connectivity index (χ1v) is 7.41. The maximum absolute atomic E-state index is 12.4. The van der Waals surface area contributed by atoms with Crippen molar-refractivity contribution in [3.8, 4) is 0 Å². The Hall–Kier alpha value is -1.10. The number of piperidine rings is 2. The summed E-state index contributed by atoms with van der Waals surface area (Å²) in [5, 5.41) is 3.42. The Morgan fingerprint density at radius 1 is 1.26 bits per heavy atom. The molecular formula is C14H25N3O2. The molecule has 5 heteroatoms. The monoisotopic (exact) mass is 267 g/mol. The zero-order valence-electron chi connectivity index (χ0n) is 11.7. The van der Waals surface area contributed by atoms with Gasteiger partial charge in [0.1, 0.15) is 6.04 Å². The molecule has 2 heterocycles. The van der Waals surface area contributed by atoms with Crippen LogP contribution < -0.4 is 11.1 Å². The minimum Gasteiger partial charge on any atom is -0.368 e.